The summed E-state index contributed by atoms with van der Waals surface area (Å²) in [5.41, 5.74) is 8.72. The number of halogens is 2. The first-order chi connectivity index (χ1) is 8.97. The van der Waals surface area contributed by atoms with E-state index in [1.807, 2.05) is 31.2 Å². The summed E-state index contributed by atoms with van der Waals surface area (Å²) in [6, 6.07) is 10.9. The van der Waals surface area contributed by atoms with Crippen molar-refractivity contribution < 1.29 is 4.79 Å². The van der Waals surface area contributed by atoms with E-state index in [0.29, 0.717) is 16.3 Å². The number of nitrogens with two attached hydrogens (primary N) is 1. The molecule has 2 aromatic rings. The summed E-state index contributed by atoms with van der Waals surface area (Å²) in [5.74, 6) is -0.0228. The average Bonchev–Trinajstić information content (AvgIpc) is 2.35. The lowest BCUT2D eigenvalue weighted by atomic mass is 10.00. The number of hydrogen-bond donors (Lipinski definition) is 1. The second-order valence-electron chi connectivity index (χ2n) is 4.43. The Morgan fingerprint density at radius 2 is 2.00 bits per heavy atom. The Morgan fingerprint density at radius 3 is 2.68 bits per heavy atom. The Morgan fingerprint density at radius 1 is 1.26 bits per heavy atom. The van der Waals surface area contributed by atoms with Gasteiger partial charge in [-0.2, -0.15) is 0 Å². The molecule has 4 heteroatoms. The van der Waals surface area contributed by atoms with Gasteiger partial charge in [0.05, 0.1) is 0 Å². The maximum Gasteiger partial charge on any atom is 0.169 e. The highest BCUT2D eigenvalue weighted by Crippen LogP contribution is 2.24. The van der Waals surface area contributed by atoms with Gasteiger partial charge in [-0.1, -0.05) is 45.2 Å². The molecule has 0 radical (unpaired) electrons. The van der Waals surface area contributed by atoms with Gasteiger partial charge in [-0.25, -0.2) is 0 Å². The van der Waals surface area contributed by atoms with Crippen LogP contribution in [0, 0.1) is 6.92 Å². The van der Waals surface area contributed by atoms with E-state index in [9.17, 15) is 4.79 Å². The molecule has 0 bridgehead atoms. The van der Waals surface area contributed by atoms with E-state index < -0.39 is 0 Å². The first kappa shape index (κ1) is 14.1. The van der Waals surface area contributed by atoms with Gasteiger partial charge in [-0.15, -0.1) is 0 Å². The van der Waals surface area contributed by atoms with Crippen LogP contribution < -0.4 is 5.73 Å². The molecule has 0 aliphatic carbocycles. The molecular weight excluding hydrogens is 326 g/mol. The largest absolute Gasteiger partial charge is 0.398 e. The Hall–Kier alpha value is -1.32. The molecule has 0 saturated carbocycles. The summed E-state index contributed by atoms with van der Waals surface area (Å²) in [6.07, 6.45) is 0.250. The van der Waals surface area contributed by atoms with Crippen molar-refractivity contribution >= 4 is 39.0 Å². The molecule has 19 heavy (non-hydrogen) atoms. The van der Waals surface area contributed by atoms with E-state index in [0.717, 1.165) is 15.6 Å². The molecule has 2 rings (SSSR count). The quantitative estimate of drug-likeness (QED) is 0.665. The fourth-order valence-electron chi connectivity index (χ4n) is 1.84. The molecule has 0 spiro atoms. The van der Waals surface area contributed by atoms with Crippen molar-refractivity contribution in [2.45, 2.75) is 13.3 Å². The topological polar surface area (TPSA) is 43.1 Å². The van der Waals surface area contributed by atoms with E-state index in [4.69, 9.17) is 17.3 Å². The Balaban J connectivity index is 2.28. The molecule has 98 valence electrons. The van der Waals surface area contributed by atoms with Crippen LogP contribution >= 0.6 is 27.5 Å². The van der Waals surface area contributed by atoms with Crippen LogP contribution in [-0.4, -0.2) is 5.78 Å². The highest BCUT2D eigenvalue weighted by atomic mass is 79.9. The molecule has 2 N–H and O–H groups in total. The van der Waals surface area contributed by atoms with Crippen molar-refractivity contribution in [1.82, 2.24) is 0 Å². The van der Waals surface area contributed by atoms with Crippen molar-refractivity contribution in [2.24, 2.45) is 0 Å². The van der Waals surface area contributed by atoms with Crippen LogP contribution in [0.15, 0.2) is 40.9 Å². The van der Waals surface area contributed by atoms with Gasteiger partial charge >= 0.3 is 0 Å². The molecule has 0 fully saturated rings. The van der Waals surface area contributed by atoms with Gasteiger partial charge in [0.2, 0.25) is 0 Å². The minimum Gasteiger partial charge on any atom is -0.398 e. The highest BCUT2D eigenvalue weighted by molar-refractivity contribution is 9.10. The Labute approximate surface area is 125 Å². The SMILES string of the molecule is Cc1ccc(N)c(C(=O)Cc2ccc(Br)cc2Cl)c1. The molecule has 0 aliphatic heterocycles. The number of rotatable bonds is 3. The molecule has 0 atom stereocenters. The van der Waals surface area contributed by atoms with Crippen LogP contribution in [0.2, 0.25) is 5.02 Å². The smallest absolute Gasteiger partial charge is 0.169 e. The third-order valence-corrected chi connectivity index (χ3v) is 3.72. The van der Waals surface area contributed by atoms with Gasteiger partial charge in [0, 0.05) is 27.2 Å². The maximum absolute atomic E-state index is 12.3. The van der Waals surface area contributed by atoms with Crippen molar-refractivity contribution in [3.8, 4) is 0 Å². The molecule has 2 aromatic carbocycles. The fraction of sp³-hybridized carbons (Fsp3) is 0.133. The van der Waals surface area contributed by atoms with Crippen molar-refractivity contribution in [3.05, 3.63) is 62.6 Å². The van der Waals surface area contributed by atoms with Gasteiger partial charge in [0.1, 0.15) is 0 Å². The second-order valence-corrected chi connectivity index (χ2v) is 5.75. The van der Waals surface area contributed by atoms with E-state index >= 15 is 0 Å². The number of carbonyl (C=O) groups is 1. The zero-order valence-electron chi connectivity index (χ0n) is 10.4. The van der Waals surface area contributed by atoms with Crippen LogP contribution in [0.5, 0.6) is 0 Å². The normalized spacial score (nSPS) is 10.5. The van der Waals surface area contributed by atoms with E-state index in [2.05, 4.69) is 15.9 Å². The molecule has 0 aromatic heterocycles. The monoisotopic (exact) mass is 337 g/mol. The Bertz CT molecular complexity index is 640. The standard InChI is InChI=1S/C15H13BrClNO/c1-9-2-5-14(18)12(6-9)15(19)7-10-3-4-11(16)8-13(10)17/h2-6,8H,7,18H2,1H3. The van der Waals surface area contributed by atoms with Crippen LogP contribution in [0.3, 0.4) is 0 Å². The molecule has 0 amide bonds. The minimum atomic E-state index is -0.0228. The predicted molar refractivity (Wildman–Crippen MR) is 82.8 cm³/mol. The summed E-state index contributed by atoms with van der Waals surface area (Å²) in [5, 5.41) is 0.578. The van der Waals surface area contributed by atoms with Gasteiger partial charge in [-0.05, 0) is 36.8 Å². The van der Waals surface area contributed by atoms with Crippen LogP contribution in [-0.2, 0) is 6.42 Å². The van der Waals surface area contributed by atoms with Crippen LogP contribution in [0.4, 0.5) is 5.69 Å². The maximum atomic E-state index is 12.3. The summed E-state index contributed by atoms with van der Waals surface area (Å²) in [6.45, 7) is 1.93. The number of Topliss-reactive ketones (excluding diaryl/α,β-unsaturated/α-hetero) is 1. The minimum absolute atomic E-state index is 0.0228. The summed E-state index contributed by atoms with van der Waals surface area (Å²) in [4.78, 5) is 12.3. The number of ketones is 1. The molecule has 0 aliphatic rings. The first-order valence-electron chi connectivity index (χ1n) is 5.80. The Kier molecular flexibility index (Phi) is 4.27. The highest BCUT2D eigenvalue weighted by Gasteiger charge is 2.12. The molecular formula is C15H13BrClNO. The lowest BCUT2D eigenvalue weighted by Gasteiger charge is -2.07. The van der Waals surface area contributed by atoms with Gasteiger partial charge in [0.25, 0.3) is 0 Å². The molecule has 0 unspecified atom stereocenters. The number of nitrogen functional groups attached to an aromatic ring is 1. The predicted octanol–water partition coefficient (Wildman–Crippen LogP) is 4.42. The third-order valence-electron chi connectivity index (χ3n) is 2.88. The van der Waals surface area contributed by atoms with Crippen LogP contribution in [0.1, 0.15) is 21.5 Å². The summed E-state index contributed by atoms with van der Waals surface area (Å²) in [7, 11) is 0. The number of anilines is 1. The van der Waals surface area contributed by atoms with E-state index in [-0.39, 0.29) is 12.2 Å². The molecule has 2 nitrogen and oxygen atoms in total. The second kappa shape index (κ2) is 5.76. The van der Waals surface area contributed by atoms with Gasteiger partial charge < -0.3 is 5.73 Å². The van der Waals surface area contributed by atoms with Gasteiger partial charge in [-0.3, -0.25) is 4.79 Å². The zero-order chi connectivity index (χ0) is 14.0. The van der Waals surface area contributed by atoms with Crippen molar-refractivity contribution in [3.63, 3.8) is 0 Å². The summed E-state index contributed by atoms with van der Waals surface area (Å²) >= 11 is 9.46. The third kappa shape index (κ3) is 3.37. The first-order valence-corrected chi connectivity index (χ1v) is 6.97. The number of aryl methyl sites for hydroxylation is 1. The number of carbonyl (C=O) groups excluding carboxylic acids is 1. The molecule has 0 heterocycles. The average molecular weight is 339 g/mol. The van der Waals surface area contributed by atoms with E-state index in [1.54, 1.807) is 12.1 Å². The lowest BCUT2D eigenvalue weighted by molar-refractivity contribution is 0.0994. The zero-order valence-corrected chi connectivity index (χ0v) is 12.8. The lowest BCUT2D eigenvalue weighted by Crippen LogP contribution is -2.07. The van der Waals surface area contributed by atoms with E-state index in [1.165, 1.54) is 0 Å². The fourth-order valence-corrected chi connectivity index (χ4v) is 2.59. The van der Waals surface area contributed by atoms with Gasteiger partial charge in [0.15, 0.2) is 5.78 Å². The van der Waals surface area contributed by atoms with Crippen LogP contribution in [0.25, 0.3) is 0 Å². The summed E-state index contributed by atoms with van der Waals surface area (Å²) < 4.78 is 0.892. The van der Waals surface area contributed by atoms with Crippen molar-refractivity contribution in [2.75, 3.05) is 5.73 Å². The number of hydrogen-bond acceptors (Lipinski definition) is 2. The van der Waals surface area contributed by atoms with Crippen molar-refractivity contribution in [1.29, 1.82) is 0 Å². The molecule has 0 saturated heterocycles. The number of benzene rings is 2.